The normalized spacial score (nSPS) is 14.2. The number of carbonyl (C=O) groups excluding carboxylic acids is 1. The van der Waals surface area contributed by atoms with Crippen molar-refractivity contribution in [2.75, 3.05) is 13.1 Å². The van der Waals surface area contributed by atoms with Crippen molar-refractivity contribution < 1.29 is 13.2 Å². The van der Waals surface area contributed by atoms with Gasteiger partial charge in [-0.15, -0.1) is 11.3 Å². The van der Waals surface area contributed by atoms with Crippen LogP contribution in [0.15, 0.2) is 58.3 Å². The summed E-state index contributed by atoms with van der Waals surface area (Å²) in [5.74, 6) is -0.213. The summed E-state index contributed by atoms with van der Waals surface area (Å²) in [6, 6.07) is 10.5. The fourth-order valence-corrected chi connectivity index (χ4v) is 5.93. The summed E-state index contributed by atoms with van der Waals surface area (Å²) >= 11 is 1.55. The van der Waals surface area contributed by atoms with E-state index in [-0.39, 0.29) is 10.8 Å². The highest BCUT2D eigenvalue weighted by Crippen LogP contribution is 2.29. The van der Waals surface area contributed by atoms with Crippen LogP contribution in [-0.2, 0) is 10.0 Å². The number of aromatic nitrogens is 1. The van der Waals surface area contributed by atoms with Crippen LogP contribution in [0.2, 0.25) is 0 Å². The lowest BCUT2D eigenvalue weighted by Crippen LogP contribution is -2.26. The molecular formula is C26H31N3O3S2. The zero-order valence-corrected chi connectivity index (χ0v) is 21.1. The minimum atomic E-state index is -3.67. The predicted molar refractivity (Wildman–Crippen MR) is 139 cm³/mol. The van der Waals surface area contributed by atoms with Crippen molar-refractivity contribution >= 4 is 38.2 Å². The Bertz CT molecular complexity index is 1280. The number of unbranched alkanes of at least 4 members (excludes halogenated alkanes) is 1. The van der Waals surface area contributed by atoms with E-state index in [9.17, 15) is 13.2 Å². The van der Waals surface area contributed by atoms with Gasteiger partial charge >= 0.3 is 0 Å². The van der Waals surface area contributed by atoms with Crippen molar-refractivity contribution in [2.45, 2.75) is 56.8 Å². The van der Waals surface area contributed by atoms with E-state index in [0.29, 0.717) is 35.2 Å². The molecule has 2 N–H and O–H groups in total. The van der Waals surface area contributed by atoms with Crippen LogP contribution in [0.5, 0.6) is 0 Å². The number of nitrogens with zero attached hydrogens (tertiary/aromatic N) is 1. The Morgan fingerprint density at radius 2 is 2.03 bits per heavy atom. The Kier molecular flexibility index (Phi) is 8.13. The number of allylic oxidation sites excluding steroid dienone is 1. The number of benzene rings is 1. The fourth-order valence-electron chi connectivity index (χ4n) is 4.14. The lowest BCUT2D eigenvalue weighted by atomic mass is 9.97. The Morgan fingerprint density at radius 1 is 1.15 bits per heavy atom. The molecule has 0 atom stereocenters. The third-order valence-corrected chi connectivity index (χ3v) is 8.40. The van der Waals surface area contributed by atoms with Gasteiger partial charge in [0.05, 0.1) is 26.5 Å². The first-order valence-electron chi connectivity index (χ1n) is 11.9. The molecule has 0 aliphatic heterocycles. The average Bonchev–Trinajstić information content (AvgIpc) is 3.39. The van der Waals surface area contributed by atoms with E-state index in [4.69, 9.17) is 4.98 Å². The Morgan fingerprint density at radius 3 is 2.76 bits per heavy atom. The van der Waals surface area contributed by atoms with Crippen LogP contribution < -0.4 is 10.0 Å². The van der Waals surface area contributed by atoms with Crippen molar-refractivity contribution in [1.29, 1.82) is 0 Å². The number of sulfonamides is 1. The molecule has 8 heteroatoms. The van der Waals surface area contributed by atoms with Gasteiger partial charge in [0, 0.05) is 18.5 Å². The largest absolute Gasteiger partial charge is 0.352 e. The summed E-state index contributed by atoms with van der Waals surface area (Å²) in [7, 11) is -3.67. The second kappa shape index (κ2) is 11.3. The number of hydrogen-bond acceptors (Lipinski definition) is 5. The summed E-state index contributed by atoms with van der Waals surface area (Å²) in [4.78, 5) is 19.1. The molecule has 3 aromatic rings. The molecule has 180 valence electrons. The number of thiophene rings is 1. The second-order valence-electron chi connectivity index (χ2n) is 8.58. The number of nitrogens with one attached hydrogen (secondary N) is 2. The molecule has 6 nitrogen and oxygen atoms in total. The van der Waals surface area contributed by atoms with Gasteiger partial charge in [0.2, 0.25) is 10.0 Å². The average molecular weight is 498 g/mol. The van der Waals surface area contributed by atoms with Gasteiger partial charge in [-0.05, 0) is 74.2 Å². The second-order valence-corrected chi connectivity index (χ2v) is 11.3. The first-order chi connectivity index (χ1) is 16.5. The highest BCUT2D eigenvalue weighted by Gasteiger charge is 2.19. The molecule has 1 aromatic carbocycles. The fraction of sp³-hybridized carbons (Fsp3) is 0.385. The van der Waals surface area contributed by atoms with Gasteiger partial charge in [-0.2, -0.15) is 0 Å². The summed E-state index contributed by atoms with van der Waals surface area (Å²) in [6.07, 6.45) is 9.46. The van der Waals surface area contributed by atoms with Gasteiger partial charge in [0.25, 0.3) is 5.91 Å². The van der Waals surface area contributed by atoms with E-state index < -0.39 is 10.0 Å². The summed E-state index contributed by atoms with van der Waals surface area (Å²) in [5, 5.41) is 5.55. The first-order valence-corrected chi connectivity index (χ1v) is 14.3. The Labute approximate surface area is 205 Å². The first kappa shape index (κ1) is 24.6. The molecule has 1 aliphatic carbocycles. The molecule has 0 fully saturated rings. The minimum Gasteiger partial charge on any atom is -0.352 e. The van der Waals surface area contributed by atoms with Gasteiger partial charge in [-0.3, -0.25) is 4.79 Å². The number of amides is 1. The number of carbonyl (C=O) groups is 1. The summed E-state index contributed by atoms with van der Waals surface area (Å²) in [5.41, 5.74) is 3.14. The maximum atomic E-state index is 13.3. The predicted octanol–water partition coefficient (Wildman–Crippen LogP) is 5.66. The lowest BCUT2D eigenvalue weighted by Gasteiger charge is -2.14. The highest BCUT2D eigenvalue weighted by molar-refractivity contribution is 7.89. The van der Waals surface area contributed by atoms with Gasteiger partial charge in [0.1, 0.15) is 0 Å². The molecule has 0 saturated heterocycles. The molecule has 1 aliphatic rings. The molecule has 2 aromatic heterocycles. The van der Waals surface area contributed by atoms with Crippen LogP contribution >= 0.6 is 11.3 Å². The van der Waals surface area contributed by atoms with Crippen LogP contribution in [0.1, 0.15) is 62.2 Å². The van der Waals surface area contributed by atoms with Crippen LogP contribution in [-0.4, -0.2) is 32.4 Å². The monoisotopic (exact) mass is 497 g/mol. The molecule has 0 radical (unpaired) electrons. The minimum absolute atomic E-state index is 0.142. The quantitative estimate of drug-likeness (QED) is 0.279. The molecule has 0 spiro atoms. The lowest BCUT2D eigenvalue weighted by molar-refractivity contribution is 0.0955. The molecule has 1 amide bonds. The molecular weight excluding hydrogens is 466 g/mol. The third kappa shape index (κ3) is 5.92. The number of pyridine rings is 1. The maximum Gasteiger partial charge on any atom is 0.252 e. The van der Waals surface area contributed by atoms with Gasteiger partial charge in [-0.25, -0.2) is 18.1 Å². The summed E-state index contributed by atoms with van der Waals surface area (Å²) < 4.78 is 28.2. The van der Waals surface area contributed by atoms with E-state index >= 15 is 0 Å². The number of fused-ring (bicyclic) bond motifs is 1. The zero-order valence-electron chi connectivity index (χ0n) is 19.5. The van der Waals surface area contributed by atoms with Gasteiger partial charge in [-0.1, -0.05) is 31.1 Å². The molecule has 2 heterocycles. The summed E-state index contributed by atoms with van der Waals surface area (Å²) in [6.45, 7) is 2.95. The van der Waals surface area contributed by atoms with Crippen LogP contribution in [0, 0.1) is 0 Å². The number of hydrogen-bond donors (Lipinski definition) is 2. The van der Waals surface area contributed by atoms with Crippen molar-refractivity contribution in [3.63, 3.8) is 0 Å². The number of rotatable bonds is 10. The van der Waals surface area contributed by atoms with Gasteiger partial charge in [0.15, 0.2) is 0 Å². The topological polar surface area (TPSA) is 88.2 Å². The van der Waals surface area contributed by atoms with E-state index in [1.54, 1.807) is 35.6 Å². The van der Waals surface area contributed by atoms with Gasteiger partial charge < -0.3 is 5.32 Å². The molecule has 0 unspecified atom stereocenters. The van der Waals surface area contributed by atoms with Crippen molar-refractivity contribution in [2.24, 2.45) is 0 Å². The third-order valence-electron chi connectivity index (χ3n) is 6.05. The van der Waals surface area contributed by atoms with Crippen molar-refractivity contribution in [3.05, 3.63) is 59.0 Å². The molecule has 4 rings (SSSR count). The molecule has 0 saturated carbocycles. The van der Waals surface area contributed by atoms with Crippen molar-refractivity contribution in [3.8, 4) is 10.6 Å². The van der Waals surface area contributed by atoms with E-state index in [2.05, 4.69) is 16.1 Å². The van der Waals surface area contributed by atoms with Crippen molar-refractivity contribution in [1.82, 2.24) is 15.0 Å². The van der Waals surface area contributed by atoms with E-state index in [0.717, 1.165) is 37.0 Å². The van der Waals surface area contributed by atoms with E-state index in [1.165, 1.54) is 18.4 Å². The maximum absolute atomic E-state index is 13.3. The Balaban J connectivity index is 1.66. The van der Waals surface area contributed by atoms with E-state index in [1.807, 2.05) is 24.4 Å². The standard InChI is InChI=1S/C26H31N3O3S2/c1-2-3-14-28-34(31,32)20-11-12-23-21(17-20)22(18-24(29-23)25-10-7-16-33-25)26(30)27-15-13-19-8-5-4-6-9-19/h7-8,10-12,16-18,28H,2-6,9,13-15H2,1H3,(H,27,30). The van der Waals surface area contributed by atoms with Crippen LogP contribution in [0.4, 0.5) is 0 Å². The SMILES string of the molecule is CCCCNS(=O)(=O)c1ccc2nc(-c3cccs3)cc(C(=O)NCCC3=CCCCC3)c2c1. The molecule has 0 bridgehead atoms. The Hall–Kier alpha value is -2.55. The molecule has 34 heavy (non-hydrogen) atoms. The van der Waals surface area contributed by atoms with Crippen LogP contribution in [0.3, 0.4) is 0 Å². The smallest absolute Gasteiger partial charge is 0.252 e. The zero-order chi connectivity index (χ0) is 24.0. The highest BCUT2D eigenvalue weighted by atomic mass is 32.2. The van der Waals surface area contributed by atoms with Crippen LogP contribution in [0.25, 0.3) is 21.5 Å².